The van der Waals surface area contributed by atoms with Crippen molar-refractivity contribution >= 4 is 23.0 Å². The van der Waals surface area contributed by atoms with Gasteiger partial charge in [-0.15, -0.1) is 0 Å². The number of para-hydroxylation sites is 1. The summed E-state index contributed by atoms with van der Waals surface area (Å²) in [5.74, 6) is 1.58. The maximum Gasteiger partial charge on any atom is 0.226 e. The Hall–Kier alpha value is -4.26. The molecule has 0 unspecified atom stereocenters. The van der Waals surface area contributed by atoms with Crippen LogP contribution in [0, 0.1) is 0 Å². The summed E-state index contributed by atoms with van der Waals surface area (Å²) in [6.07, 6.45) is 1.33. The van der Waals surface area contributed by atoms with Gasteiger partial charge in [-0.25, -0.2) is 4.68 Å². The van der Waals surface area contributed by atoms with Crippen molar-refractivity contribution in [1.82, 2.24) is 14.8 Å². The van der Waals surface area contributed by atoms with E-state index in [1.807, 2.05) is 37.0 Å². The number of anilines is 3. The van der Waals surface area contributed by atoms with Gasteiger partial charge in [0.1, 0.15) is 24.2 Å². The molecule has 7 nitrogen and oxygen atoms in total. The van der Waals surface area contributed by atoms with Gasteiger partial charge in [-0.3, -0.25) is 0 Å². The van der Waals surface area contributed by atoms with Crippen molar-refractivity contribution in [3.05, 3.63) is 101 Å². The molecule has 0 bridgehead atoms. The minimum absolute atomic E-state index is 0.160. The minimum atomic E-state index is -0.278. The summed E-state index contributed by atoms with van der Waals surface area (Å²) in [5.41, 5.74) is 7.72. The van der Waals surface area contributed by atoms with Gasteiger partial charge >= 0.3 is 0 Å². The molecule has 2 atom stereocenters. The molecule has 0 saturated carbocycles. The van der Waals surface area contributed by atoms with Crippen LogP contribution in [0.2, 0.25) is 0 Å². The van der Waals surface area contributed by atoms with Gasteiger partial charge in [0.15, 0.2) is 0 Å². The summed E-state index contributed by atoms with van der Waals surface area (Å²) in [6, 6.07) is 25.2. The van der Waals surface area contributed by atoms with E-state index in [0.717, 1.165) is 51.0 Å². The molecule has 35 heavy (non-hydrogen) atoms. The molecule has 0 aliphatic carbocycles. The zero-order valence-electron chi connectivity index (χ0n) is 20.3. The number of nitrogens with one attached hydrogen (secondary N) is 1. The van der Waals surface area contributed by atoms with Crippen LogP contribution < -0.4 is 19.9 Å². The molecule has 4 aromatic rings. The molecule has 2 aliphatic heterocycles. The summed E-state index contributed by atoms with van der Waals surface area (Å²) in [4.78, 5) is 8.73. The molecule has 0 amide bonds. The van der Waals surface area contributed by atoms with Gasteiger partial charge < -0.3 is 19.9 Å². The van der Waals surface area contributed by atoms with Crippen LogP contribution in [0.4, 0.5) is 17.3 Å². The Kier molecular flexibility index (Phi) is 4.99. The minimum Gasteiger partial charge on any atom is -0.480 e. The second-order valence-electron chi connectivity index (χ2n) is 9.35. The molecular weight excluding hydrogens is 436 g/mol. The predicted molar refractivity (Wildman–Crippen MR) is 140 cm³/mol. The topological polar surface area (TPSA) is 58.5 Å². The fraction of sp³-hybridized carbons (Fsp3) is 0.214. The molecule has 176 valence electrons. The van der Waals surface area contributed by atoms with E-state index in [-0.39, 0.29) is 12.1 Å². The monoisotopic (exact) mass is 464 g/mol. The first-order valence-corrected chi connectivity index (χ1v) is 11.7. The van der Waals surface area contributed by atoms with Crippen molar-refractivity contribution in [2.24, 2.45) is 0 Å². The van der Waals surface area contributed by atoms with Crippen molar-refractivity contribution in [3.63, 3.8) is 0 Å². The van der Waals surface area contributed by atoms with Crippen LogP contribution in [-0.2, 0) is 0 Å². The number of benzene rings is 3. The summed E-state index contributed by atoms with van der Waals surface area (Å²) < 4.78 is 8.67. The van der Waals surface area contributed by atoms with Gasteiger partial charge in [0.2, 0.25) is 5.95 Å². The van der Waals surface area contributed by atoms with Crippen molar-refractivity contribution in [1.29, 1.82) is 0 Å². The molecule has 0 fully saturated rings. The Morgan fingerprint density at radius 1 is 0.800 bits per heavy atom. The van der Waals surface area contributed by atoms with Crippen LogP contribution in [0.1, 0.15) is 28.8 Å². The highest BCUT2D eigenvalue weighted by Crippen LogP contribution is 2.50. The third-order valence-corrected chi connectivity index (χ3v) is 6.76. The van der Waals surface area contributed by atoms with E-state index >= 15 is 0 Å². The van der Waals surface area contributed by atoms with E-state index in [1.54, 1.807) is 6.33 Å². The maximum absolute atomic E-state index is 6.71. The fourth-order valence-corrected chi connectivity index (χ4v) is 4.92. The number of ether oxygens (including phenoxy) is 1. The summed E-state index contributed by atoms with van der Waals surface area (Å²) in [7, 11) is 8.20. The lowest BCUT2D eigenvalue weighted by molar-refractivity contribution is 0.223. The van der Waals surface area contributed by atoms with E-state index in [9.17, 15) is 0 Å². The molecule has 1 aromatic heterocycles. The van der Waals surface area contributed by atoms with Crippen molar-refractivity contribution in [3.8, 4) is 5.75 Å². The lowest BCUT2D eigenvalue weighted by atomic mass is 9.84. The van der Waals surface area contributed by atoms with Gasteiger partial charge in [-0.2, -0.15) is 10.1 Å². The Morgan fingerprint density at radius 3 is 2.09 bits per heavy atom. The summed E-state index contributed by atoms with van der Waals surface area (Å²) >= 11 is 0. The predicted octanol–water partition coefficient (Wildman–Crippen LogP) is 4.97. The highest BCUT2D eigenvalue weighted by atomic mass is 16.5. The Morgan fingerprint density at radius 2 is 1.43 bits per heavy atom. The quantitative estimate of drug-likeness (QED) is 0.460. The van der Waals surface area contributed by atoms with E-state index in [1.165, 1.54) is 0 Å². The Bertz CT molecular complexity index is 1400. The molecule has 3 heterocycles. The van der Waals surface area contributed by atoms with Gasteiger partial charge in [0.25, 0.3) is 0 Å². The molecule has 1 N–H and O–H groups in total. The van der Waals surface area contributed by atoms with Gasteiger partial charge in [-0.1, -0.05) is 36.4 Å². The molecule has 3 aromatic carbocycles. The Labute approximate surface area is 205 Å². The van der Waals surface area contributed by atoms with Crippen LogP contribution in [0.3, 0.4) is 0 Å². The first kappa shape index (κ1) is 21.3. The zero-order valence-corrected chi connectivity index (χ0v) is 20.3. The van der Waals surface area contributed by atoms with Crippen LogP contribution >= 0.6 is 0 Å². The fourth-order valence-electron chi connectivity index (χ4n) is 4.92. The normalized spacial score (nSPS) is 18.1. The average Bonchev–Trinajstić information content (AvgIpc) is 3.35. The van der Waals surface area contributed by atoms with Gasteiger partial charge in [0.05, 0.1) is 5.70 Å². The third kappa shape index (κ3) is 3.51. The SMILES string of the molecule is CN(C)c1ccc([C@@H]2Oc3ccccc3C3=C2[C@H](c2ccc(N(C)C)cc2)n2ncnc2N3)cc1. The molecule has 0 spiro atoms. The first-order valence-electron chi connectivity index (χ1n) is 11.7. The van der Waals surface area contributed by atoms with Crippen LogP contribution in [0.15, 0.2) is 84.7 Å². The van der Waals surface area contributed by atoms with E-state index < -0.39 is 0 Å². The highest BCUT2D eigenvalue weighted by molar-refractivity contribution is 5.85. The lowest BCUT2D eigenvalue weighted by Gasteiger charge is -2.39. The smallest absolute Gasteiger partial charge is 0.226 e. The van der Waals surface area contributed by atoms with E-state index in [2.05, 4.69) is 93.9 Å². The number of nitrogens with zero attached hydrogens (tertiary/aromatic N) is 5. The average molecular weight is 465 g/mol. The van der Waals surface area contributed by atoms with Crippen molar-refractivity contribution in [2.75, 3.05) is 43.3 Å². The molecule has 6 rings (SSSR count). The molecule has 0 radical (unpaired) electrons. The first-order chi connectivity index (χ1) is 17.0. The van der Waals surface area contributed by atoms with Crippen LogP contribution in [0.5, 0.6) is 5.75 Å². The summed E-state index contributed by atoms with van der Waals surface area (Å²) in [5, 5.41) is 8.19. The number of aromatic nitrogens is 3. The maximum atomic E-state index is 6.71. The van der Waals surface area contributed by atoms with Crippen LogP contribution in [0.25, 0.3) is 5.70 Å². The number of hydrogen-bond acceptors (Lipinski definition) is 6. The molecular formula is C28H28N6O. The third-order valence-electron chi connectivity index (χ3n) is 6.76. The number of hydrogen-bond donors (Lipinski definition) is 1. The Balaban J connectivity index is 1.55. The number of rotatable bonds is 4. The van der Waals surface area contributed by atoms with Gasteiger partial charge in [0, 0.05) is 50.7 Å². The second-order valence-corrected chi connectivity index (χ2v) is 9.35. The largest absolute Gasteiger partial charge is 0.480 e. The summed E-state index contributed by atoms with van der Waals surface area (Å²) in [6.45, 7) is 0. The molecule has 7 heteroatoms. The van der Waals surface area contributed by atoms with Crippen LogP contribution in [-0.4, -0.2) is 43.0 Å². The van der Waals surface area contributed by atoms with Crippen molar-refractivity contribution in [2.45, 2.75) is 12.1 Å². The molecule has 0 saturated heterocycles. The highest BCUT2D eigenvalue weighted by Gasteiger charge is 2.40. The van der Waals surface area contributed by atoms with E-state index in [4.69, 9.17) is 4.74 Å². The number of fused-ring (bicyclic) bond motifs is 3. The molecule has 2 aliphatic rings. The standard InChI is InChI=1S/C28H28N6O/c1-32(2)20-13-9-18(10-14-20)26-24-25(31-28-29-17-30-34(26)28)22-7-5-6-8-23(22)35-27(24)19-11-15-21(16-12-19)33(3)4/h5-17,26-27H,1-4H3,(H,29,30,31)/t26-,27-/m0/s1. The van der Waals surface area contributed by atoms with Gasteiger partial charge in [-0.05, 0) is 47.5 Å². The second kappa shape index (κ2) is 8.20. The van der Waals surface area contributed by atoms with Crippen molar-refractivity contribution < 1.29 is 4.74 Å². The zero-order chi connectivity index (χ0) is 24.1. The van der Waals surface area contributed by atoms with E-state index in [0.29, 0.717) is 0 Å². The lowest BCUT2D eigenvalue weighted by Crippen LogP contribution is -2.32.